The van der Waals surface area contributed by atoms with Crippen molar-refractivity contribution in [2.24, 2.45) is 5.92 Å². The standard InChI is InChI=1S/C9H16F2N/c1-2-8-3-5-12(6-4-8)7-9(10)11/h8-9H,1-7H2. The molecule has 0 aromatic heterocycles. The number of likely N-dealkylation sites (tertiary alicyclic amines) is 1. The van der Waals surface area contributed by atoms with E-state index in [-0.39, 0.29) is 6.54 Å². The van der Waals surface area contributed by atoms with Gasteiger partial charge in [-0.15, -0.1) is 0 Å². The van der Waals surface area contributed by atoms with Gasteiger partial charge in [-0.05, 0) is 31.8 Å². The van der Waals surface area contributed by atoms with Crippen molar-refractivity contribution in [1.82, 2.24) is 4.90 Å². The summed E-state index contributed by atoms with van der Waals surface area (Å²) in [5.41, 5.74) is 0. The van der Waals surface area contributed by atoms with Crippen LogP contribution in [0.1, 0.15) is 19.3 Å². The monoisotopic (exact) mass is 176 g/mol. The molecule has 1 saturated heterocycles. The molecule has 0 unspecified atom stereocenters. The van der Waals surface area contributed by atoms with Gasteiger partial charge in [-0.2, -0.15) is 0 Å². The molecular weight excluding hydrogens is 160 g/mol. The van der Waals surface area contributed by atoms with Gasteiger partial charge in [0.2, 0.25) is 0 Å². The molecule has 0 aromatic carbocycles. The van der Waals surface area contributed by atoms with Crippen LogP contribution in [0.15, 0.2) is 0 Å². The van der Waals surface area contributed by atoms with Gasteiger partial charge in [0, 0.05) is 0 Å². The molecule has 1 aliphatic rings. The van der Waals surface area contributed by atoms with Crippen LogP contribution >= 0.6 is 0 Å². The highest BCUT2D eigenvalue weighted by atomic mass is 19.3. The molecule has 0 bridgehead atoms. The largest absolute Gasteiger partial charge is 0.298 e. The molecule has 0 spiro atoms. The third kappa shape index (κ3) is 3.05. The number of nitrogens with zero attached hydrogens (tertiary/aromatic N) is 1. The third-order valence-corrected chi connectivity index (χ3v) is 2.51. The molecule has 1 fully saturated rings. The van der Waals surface area contributed by atoms with E-state index in [9.17, 15) is 8.78 Å². The lowest BCUT2D eigenvalue weighted by molar-refractivity contribution is 0.0693. The highest BCUT2D eigenvalue weighted by Gasteiger charge is 2.19. The zero-order valence-electron chi connectivity index (χ0n) is 7.31. The summed E-state index contributed by atoms with van der Waals surface area (Å²) in [4.78, 5) is 1.84. The average Bonchev–Trinajstić information content (AvgIpc) is 2.05. The van der Waals surface area contributed by atoms with Gasteiger partial charge in [0.05, 0.1) is 6.54 Å². The van der Waals surface area contributed by atoms with Crippen LogP contribution in [0.4, 0.5) is 8.78 Å². The number of hydrogen-bond donors (Lipinski definition) is 0. The molecule has 0 saturated carbocycles. The summed E-state index contributed by atoms with van der Waals surface area (Å²) in [6, 6.07) is 0. The summed E-state index contributed by atoms with van der Waals surface area (Å²) >= 11 is 0. The summed E-state index contributed by atoms with van der Waals surface area (Å²) in [7, 11) is 0. The van der Waals surface area contributed by atoms with Crippen LogP contribution in [-0.4, -0.2) is 31.0 Å². The van der Waals surface area contributed by atoms with Gasteiger partial charge in [-0.1, -0.05) is 13.3 Å². The zero-order chi connectivity index (χ0) is 8.97. The minimum Gasteiger partial charge on any atom is -0.298 e. The fourth-order valence-electron chi connectivity index (χ4n) is 1.65. The molecule has 0 aliphatic carbocycles. The van der Waals surface area contributed by atoms with E-state index >= 15 is 0 Å². The Bertz CT molecular complexity index is 120. The third-order valence-electron chi connectivity index (χ3n) is 2.51. The van der Waals surface area contributed by atoms with Crippen LogP contribution in [0, 0.1) is 12.8 Å². The molecule has 1 rings (SSSR count). The van der Waals surface area contributed by atoms with E-state index in [4.69, 9.17) is 0 Å². The van der Waals surface area contributed by atoms with Crippen molar-refractivity contribution in [2.45, 2.75) is 25.7 Å². The van der Waals surface area contributed by atoms with Gasteiger partial charge >= 0.3 is 0 Å². The molecule has 0 aromatic rings. The molecule has 12 heavy (non-hydrogen) atoms. The van der Waals surface area contributed by atoms with Gasteiger partial charge in [0.25, 0.3) is 6.43 Å². The van der Waals surface area contributed by atoms with Gasteiger partial charge in [0.15, 0.2) is 0 Å². The first kappa shape index (κ1) is 9.90. The SMILES string of the molecule is [CH2]CC1CCN(CC(F)F)CC1. The summed E-state index contributed by atoms with van der Waals surface area (Å²) in [5, 5.41) is 0. The molecule has 1 aliphatic heterocycles. The van der Waals surface area contributed by atoms with E-state index in [1.54, 1.807) is 0 Å². The first-order chi connectivity index (χ1) is 5.72. The second-order valence-corrected chi connectivity index (χ2v) is 3.42. The van der Waals surface area contributed by atoms with Crippen molar-refractivity contribution >= 4 is 0 Å². The van der Waals surface area contributed by atoms with Crippen LogP contribution in [0.3, 0.4) is 0 Å². The Morgan fingerprint density at radius 3 is 2.33 bits per heavy atom. The molecule has 71 valence electrons. The molecular formula is C9H16F2N. The van der Waals surface area contributed by atoms with E-state index in [1.165, 1.54) is 0 Å². The Morgan fingerprint density at radius 2 is 1.92 bits per heavy atom. The Morgan fingerprint density at radius 1 is 1.33 bits per heavy atom. The summed E-state index contributed by atoms with van der Waals surface area (Å²) in [6.07, 6.45) is 0.843. The van der Waals surface area contributed by atoms with Crippen LogP contribution in [0.25, 0.3) is 0 Å². The first-order valence-electron chi connectivity index (χ1n) is 4.52. The van der Waals surface area contributed by atoms with E-state index in [1.807, 2.05) is 4.90 Å². The topological polar surface area (TPSA) is 3.24 Å². The lowest BCUT2D eigenvalue weighted by Crippen LogP contribution is -2.36. The molecule has 3 heteroatoms. The van der Waals surface area contributed by atoms with Gasteiger partial charge in [-0.25, -0.2) is 8.78 Å². The minimum atomic E-state index is -2.18. The molecule has 1 radical (unpaired) electrons. The smallest absolute Gasteiger partial charge is 0.251 e. The fraction of sp³-hybridized carbons (Fsp3) is 0.889. The molecule has 0 N–H and O–H groups in total. The maximum Gasteiger partial charge on any atom is 0.251 e. The van der Waals surface area contributed by atoms with E-state index in [2.05, 4.69) is 6.92 Å². The Hall–Kier alpha value is -0.180. The minimum absolute atomic E-state index is 0.0517. The van der Waals surface area contributed by atoms with E-state index in [0.29, 0.717) is 5.92 Å². The van der Waals surface area contributed by atoms with E-state index in [0.717, 1.165) is 32.4 Å². The van der Waals surface area contributed by atoms with Crippen LogP contribution < -0.4 is 0 Å². The first-order valence-corrected chi connectivity index (χ1v) is 4.52. The zero-order valence-corrected chi connectivity index (χ0v) is 7.31. The van der Waals surface area contributed by atoms with Crippen molar-refractivity contribution in [1.29, 1.82) is 0 Å². The van der Waals surface area contributed by atoms with Crippen molar-refractivity contribution in [3.63, 3.8) is 0 Å². The van der Waals surface area contributed by atoms with Crippen LogP contribution in [0.5, 0.6) is 0 Å². The number of rotatable bonds is 3. The van der Waals surface area contributed by atoms with Crippen molar-refractivity contribution < 1.29 is 8.78 Å². The maximum atomic E-state index is 11.9. The molecule has 0 atom stereocenters. The normalized spacial score (nSPS) is 22.0. The fourth-order valence-corrected chi connectivity index (χ4v) is 1.65. The second-order valence-electron chi connectivity index (χ2n) is 3.42. The Balaban J connectivity index is 2.17. The lowest BCUT2D eigenvalue weighted by atomic mass is 9.94. The number of halogens is 2. The highest BCUT2D eigenvalue weighted by molar-refractivity contribution is 4.73. The van der Waals surface area contributed by atoms with Crippen LogP contribution in [-0.2, 0) is 0 Å². The summed E-state index contributed by atoms with van der Waals surface area (Å²) in [6.45, 7) is 5.42. The van der Waals surface area contributed by atoms with Gasteiger partial charge in [-0.3, -0.25) is 4.90 Å². The number of piperidine rings is 1. The Kier molecular flexibility index (Phi) is 3.92. The average molecular weight is 176 g/mol. The highest BCUT2D eigenvalue weighted by Crippen LogP contribution is 2.19. The number of alkyl halides is 2. The van der Waals surface area contributed by atoms with Gasteiger partial charge in [0.1, 0.15) is 0 Å². The predicted octanol–water partition coefficient (Wildman–Crippen LogP) is 2.19. The van der Waals surface area contributed by atoms with Crippen molar-refractivity contribution in [3.8, 4) is 0 Å². The van der Waals surface area contributed by atoms with Crippen LogP contribution in [0.2, 0.25) is 0 Å². The number of hydrogen-bond acceptors (Lipinski definition) is 1. The quantitative estimate of drug-likeness (QED) is 0.637. The molecule has 1 heterocycles. The molecule has 1 nitrogen and oxygen atoms in total. The van der Waals surface area contributed by atoms with E-state index < -0.39 is 6.43 Å². The van der Waals surface area contributed by atoms with Crippen molar-refractivity contribution in [3.05, 3.63) is 6.92 Å². The van der Waals surface area contributed by atoms with Crippen molar-refractivity contribution in [2.75, 3.05) is 19.6 Å². The lowest BCUT2D eigenvalue weighted by Gasteiger charge is -2.30. The molecule has 0 amide bonds. The summed E-state index contributed by atoms with van der Waals surface area (Å²) in [5.74, 6) is 0.666. The maximum absolute atomic E-state index is 11.9. The predicted molar refractivity (Wildman–Crippen MR) is 45.1 cm³/mol. The Labute approximate surface area is 72.7 Å². The summed E-state index contributed by atoms with van der Waals surface area (Å²) < 4.78 is 23.9. The van der Waals surface area contributed by atoms with Gasteiger partial charge < -0.3 is 0 Å². The second kappa shape index (κ2) is 4.75.